The van der Waals surface area contributed by atoms with E-state index in [1.54, 1.807) is 43.2 Å². The number of carbonyl (C=O) groups is 5. The first-order chi connectivity index (χ1) is 18.9. The third-order valence-electron chi connectivity index (χ3n) is 7.43. The van der Waals surface area contributed by atoms with Crippen LogP contribution in [0.25, 0.3) is 0 Å². The number of rotatable bonds is 10. The van der Waals surface area contributed by atoms with Crippen molar-refractivity contribution in [1.82, 2.24) is 4.90 Å². The van der Waals surface area contributed by atoms with Crippen LogP contribution < -0.4 is 0 Å². The molecular weight excluding hydrogens is 538 g/mol. The van der Waals surface area contributed by atoms with E-state index in [4.69, 9.17) is 25.8 Å². The second-order valence-corrected chi connectivity index (χ2v) is 10.3. The number of hydrogen-bond acceptors (Lipinski definition) is 9. The second kappa shape index (κ2) is 12.2. The summed E-state index contributed by atoms with van der Waals surface area (Å²) in [5.41, 5.74) is -0.650. The van der Waals surface area contributed by atoms with Crippen LogP contribution in [0.1, 0.15) is 53.9 Å². The van der Waals surface area contributed by atoms with Crippen LogP contribution in [0.15, 0.2) is 69.1 Å². The number of halogens is 1. The van der Waals surface area contributed by atoms with Gasteiger partial charge in [0.1, 0.15) is 11.6 Å². The number of Topliss-reactive ketones (excluding diaryl/α,β-unsaturated/α-hetero) is 2. The lowest BCUT2D eigenvalue weighted by Crippen LogP contribution is -2.45. The van der Waals surface area contributed by atoms with Gasteiger partial charge < -0.3 is 19.1 Å². The molecule has 10 heteroatoms. The Morgan fingerprint density at radius 3 is 2.45 bits per heavy atom. The van der Waals surface area contributed by atoms with E-state index in [1.807, 2.05) is 19.9 Å². The molecule has 214 valence electrons. The van der Waals surface area contributed by atoms with E-state index in [1.165, 1.54) is 21.1 Å². The molecule has 9 nitrogen and oxygen atoms in total. The lowest BCUT2D eigenvalue weighted by molar-refractivity contribution is -0.153. The summed E-state index contributed by atoms with van der Waals surface area (Å²) >= 11 is 6.59. The molecule has 3 rings (SSSR count). The molecule has 0 saturated carbocycles. The summed E-state index contributed by atoms with van der Waals surface area (Å²) in [4.78, 5) is 66.5. The summed E-state index contributed by atoms with van der Waals surface area (Å²) in [5, 5.41) is -0.167. The van der Waals surface area contributed by atoms with Crippen molar-refractivity contribution in [2.75, 3.05) is 14.2 Å². The van der Waals surface area contributed by atoms with Gasteiger partial charge in [-0.25, -0.2) is 9.59 Å². The monoisotopic (exact) mass is 571 g/mol. The molecule has 0 saturated heterocycles. The molecule has 2 aliphatic heterocycles. The molecule has 0 unspecified atom stereocenters. The van der Waals surface area contributed by atoms with E-state index in [0.29, 0.717) is 11.3 Å². The topological polar surface area (TPSA) is 116 Å². The zero-order valence-electron chi connectivity index (χ0n) is 23.8. The molecule has 0 aromatic rings. The first-order valence-corrected chi connectivity index (χ1v) is 13.4. The van der Waals surface area contributed by atoms with Crippen molar-refractivity contribution in [2.24, 2.45) is 5.92 Å². The highest BCUT2D eigenvalue weighted by Crippen LogP contribution is 2.50. The number of ketones is 2. The van der Waals surface area contributed by atoms with Crippen molar-refractivity contribution in [3.8, 4) is 0 Å². The Morgan fingerprint density at radius 2 is 1.88 bits per heavy atom. The molecule has 0 amide bonds. The standard InChI is InChI=1S/C30H34ClNO8/c1-8-16(3)10-11-18-14-19-20(15-32(18)21(28(36)39-7)12-13-22(33)38-6)24-23(26(34)17(4)9-2)29(37)40-30(24,5)27(35)25(19)31/h9-11,14-16,21H,8,12-13H2,1-7H3/b11-10+,17-9-/t16-,21-,30-/m0/s1. The first-order valence-electron chi connectivity index (χ1n) is 13.0. The van der Waals surface area contributed by atoms with Gasteiger partial charge in [0, 0.05) is 35.0 Å². The molecule has 0 fully saturated rings. The Morgan fingerprint density at radius 1 is 1.20 bits per heavy atom. The van der Waals surface area contributed by atoms with Crippen molar-refractivity contribution in [1.29, 1.82) is 0 Å². The van der Waals surface area contributed by atoms with Crippen LogP contribution in [0.3, 0.4) is 0 Å². The molecule has 3 aliphatic rings. The van der Waals surface area contributed by atoms with Gasteiger partial charge >= 0.3 is 17.9 Å². The van der Waals surface area contributed by atoms with E-state index >= 15 is 0 Å². The van der Waals surface area contributed by atoms with Gasteiger partial charge in [-0.15, -0.1) is 0 Å². The minimum atomic E-state index is -1.83. The van der Waals surface area contributed by atoms with Gasteiger partial charge in [0.2, 0.25) is 5.78 Å². The minimum absolute atomic E-state index is 0.0402. The number of fused-ring (bicyclic) bond motifs is 3. The Labute approximate surface area is 238 Å². The van der Waals surface area contributed by atoms with Crippen molar-refractivity contribution < 1.29 is 38.2 Å². The lowest BCUT2D eigenvalue weighted by atomic mass is 9.74. The zero-order chi connectivity index (χ0) is 29.9. The largest absolute Gasteiger partial charge is 0.469 e. The summed E-state index contributed by atoms with van der Waals surface area (Å²) in [7, 11) is 2.50. The van der Waals surface area contributed by atoms with Gasteiger partial charge in [-0.1, -0.05) is 44.0 Å². The quantitative estimate of drug-likeness (QED) is 0.163. The van der Waals surface area contributed by atoms with E-state index < -0.39 is 41.1 Å². The van der Waals surface area contributed by atoms with Gasteiger partial charge in [0.15, 0.2) is 11.4 Å². The molecule has 0 radical (unpaired) electrons. The molecule has 40 heavy (non-hydrogen) atoms. The summed E-state index contributed by atoms with van der Waals surface area (Å²) in [5.74, 6) is -3.10. The number of esters is 3. The minimum Gasteiger partial charge on any atom is -0.469 e. The summed E-state index contributed by atoms with van der Waals surface area (Å²) < 4.78 is 15.4. The highest BCUT2D eigenvalue weighted by Gasteiger charge is 2.57. The maximum Gasteiger partial charge on any atom is 0.343 e. The summed E-state index contributed by atoms with van der Waals surface area (Å²) in [6.07, 6.45) is 9.32. The van der Waals surface area contributed by atoms with Crippen molar-refractivity contribution >= 4 is 41.1 Å². The molecule has 0 spiro atoms. The number of methoxy groups -OCH3 is 2. The fourth-order valence-electron chi connectivity index (χ4n) is 4.68. The van der Waals surface area contributed by atoms with Crippen molar-refractivity contribution in [3.05, 3.63) is 69.1 Å². The number of nitrogens with zero attached hydrogens (tertiary/aromatic N) is 1. The number of ether oxygens (including phenoxy) is 3. The highest BCUT2D eigenvalue weighted by atomic mass is 35.5. The second-order valence-electron chi connectivity index (χ2n) is 9.95. The fraction of sp³-hybridized carbons (Fsp3) is 0.433. The normalized spacial score (nSPS) is 22.4. The molecule has 0 bridgehead atoms. The maximum atomic E-state index is 13.5. The Hall–Kier alpha value is -3.72. The van der Waals surface area contributed by atoms with Crippen LogP contribution >= 0.6 is 11.6 Å². The Balaban J connectivity index is 2.34. The van der Waals surface area contributed by atoms with Crippen LogP contribution in [0, 0.1) is 5.92 Å². The lowest BCUT2D eigenvalue weighted by Gasteiger charge is -2.38. The van der Waals surface area contributed by atoms with Crippen LogP contribution in [0.2, 0.25) is 0 Å². The van der Waals surface area contributed by atoms with E-state index in [0.717, 1.165) is 6.42 Å². The predicted octanol–water partition coefficient (Wildman–Crippen LogP) is 4.39. The predicted molar refractivity (Wildman–Crippen MR) is 148 cm³/mol. The molecule has 0 aromatic heterocycles. The van der Waals surface area contributed by atoms with Gasteiger partial charge in [0.25, 0.3) is 0 Å². The van der Waals surface area contributed by atoms with Crippen LogP contribution in [-0.2, 0) is 38.2 Å². The van der Waals surface area contributed by atoms with Crippen molar-refractivity contribution in [3.63, 3.8) is 0 Å². The third kappa shape index (κ3) is 5.47. The van der Waals surface area contributed by atoms with E-state index in [2.05, 4.69) is 0 Å². The SMILES string of the molecule is C/C=C(/C)C(=O)C1=C2C3=CN([C@@H](CCC(=O)OC)C(=O)OC)C(/C=C/[C@@H](C)CC)=CC3=C(Cl)C(=O)[C@@]2(C)OC1=O. The first kappa shape index (κ1) is 30.8. The smallest absolute Gasteiger partial charge is 0.343 e. The highest BCUT2D eigenvalue weighted by molar-refractivity contribution is 6.46. The van der Waals surface area contributed by atoms with Crippen LogP contribution in [0.5, 0.6) is 0 Å². The fourth-order valence-corrected chi connectivity index (χ4v) is 5.01. The Bertz CT molecular complexity index is 1340. The molecule has 0 N–H and O–H groups in total. The molecule has 3 atom stereocenters. The van der Waals surface area contributed by atoms with Crippen LogP contribution in [-0.4, -0.2) is 60.2 Å². The van der Waals surface area contributed by atoms with E-state index in [9.17, 15) is 24.0 Å². The average molecular weight is 572 g/mol. The Kier molecular flexibility index (Phi) is 9.40. The molecular formula is C30H34ClNO8. The number of allylic oxidation sites excluding steroid dienone is 6. The average Bonchev–Trinajstić information content (AvgIpc) is 3.23. The summed E-state index contributed by atoms with van der Waals surface area (Å²) in [6, 6.07) is -0.983. The van der Waals surface area contributed by atoms with Gasteiger partial charge in [0.05, 0.1) is 19.3 Å². The zero-order valence-corrected chi connectivity index (χ0v) is 24.5. The van der Waals surface area contributed by atoms with Gasteiger partial charge in [-0.2, -0.15) is 0 Å². The number of carbonyl (C=O) groups excluding carboxylic acids is 5. The maximum absolute atomic E-state index is 13.5. The molecule has 1 aliphatic carbocycles. The van der Waals surface area contributed by atoms with Crippen LogP contribution in [0.4, 0.5) is 0 Å². The van der Waals surface area contributed by atoms with Gasteiger partial charge in [-0.3, -0.25) is 14.4 Å². The molecule has 0 aromatic carbocycles. The van der Waals surface area contributed by atoms with E-state index in [-0.39, 0.29) is 46.1 Å². The third-order valence-corrected chi connectivity index (χ3v) is 7.81. The number of hydrogen-bond donors (Lipinski definition) is 0. The van der Waals surface area contributed by atoms with Crippen molar-refractivity contribution in [2.45, 2.75) is 65.5 Å². The van der Waals surface area contributed by atoms with Gasteiger partial charge in [-0.05, 0) is 50.8 Å². The summed E-state index contributed by atoms with van der Waals surface area (Å²) in [6.45, 7) is 8.68. The molecule has 2 heterocycles.